The van der Waals surface area contributed by atoms with Crippen molar-refractivity contribution in [3.8, 4) is 0 Å². The first-order valence-electron chi connectivity index (χ1n) is 7.88. The third-order valence-electron chi connectivity index (χ3n) is 3.49. The zero-order chi connectivity index (χ0) is 16.7. The number of aryl methyl sites for hydroxylation is 1. The van der Waals surface area contributed by atoms with E-state index in [-0.39, 0.29) is 24.5 Å². The van der Waals surface area contributed by atoms with Crippen molar-refractivity contribution in [2.45, 2.75) is 45.6 Å². The zero-order valence-corrected chi connectivity index (χ0v) is 14.3. The van der Waals surface area contributed by atoms with Crippen molar-refractivity contribution in [2.24, 2.45) is 0 Å². The highest BCUT2D eigenvalue weighted by Crippen LogP contribution is 2.22. The molecule has 0 aliphatic carbocycles. The van der Waals surface area contributed by atoms with E-state index in [2.05, 4.69) is 10.3 Å². The fraction of sp³-hybridized carbons (Fsp3) is 0.471. The Bertz CT molecular complexity index is 636. The molecule has 23 heavy (non-hydrogen) atoms. The van der Waals surface area contributed by atoms with Gasteiger partial charge in [0.25, 0.3) is 5.91 Å². The first-order valence-corrected chi connectivity index (χ1v) is 8.69. The minimum atomic E-state index is -0.342. The van der Waals surface area contributed by atoms with E-state index in [1.807, 2.05) is 38.1 Å². The maximum absolute atomic E-state index is 11.6. The van der Waals surface area contributed by atoms with Crippen molar-refractivity contribution in [2.75, 3.05) is 6.61 Å². The van der Waals surface area contributed by atoms with Gasteiger partial charge in [-0.05, 0) is 38.3 Å². The molecular weight excluding hydrogens is 312 g/mol. The van der Waals surface area contributed by atoms with Gasteiger partial charge in [0.15, 0.2) is 6.61 Å². The van der Waals surface area contributed by atoms with Crippen LogP contribution in [0.15, 0.2) is 24.3 Å². The molecule has 2 aromatic rings. The molecule has 0 bridgehead atoms. The molecule has 0 radical (unpaired) electrons. The van der Waals surface area contributed by atoms with Crippen LogP contribution >= 0.6 is 11.3 Å². The SMILES string of the molecule is CC[C@H](C)NC(=O)COC(=O)CCCc1nc2ccccc2s1. The van der Waals surface area contributed by atoms with E-state index in [1.165, 1.54) is 0 Å². The fourth-order valence-electron chi connectivity index (χ4n) is 2.05. The Morgan fingerprint density at radius 3 is 2.87 bits per heavy atom. The number of carbonyl (C=O) groups is 2. The van der Waals surface area contributed by atoms with Crippen LogP contribution in [-0.4, -0.2) is 29.5 Å². The normalized spacial score (nSPS) is 12.1. The molecule has 124 valence electrons. The molecule has 0 aliphatic heterocycles. The van der Waals surface area contributed by atoms with E-state index >= 15 is 0 Å². The average molecular weight is 334 g/mol. The van der Waals surface area contributed by atoms with Crippen LogP contribution in [-0.2, 0) is 20.7 Å². The molecule has 1 aromatic heterocycles. The summed E-state index contributed by atoms with van der Waals surface area (Å²) >= 11 is 1.65. The van der Waals surface area contributed by atoms with Crippen LogP contribution in [0.5, 0.6) is 0 Å². The molecule has 0 saturated heterocycles. The van der Waals surface area contributed by atoms with E-state index in [1.54, 1.807) is 11.3 Å². The summed E-state index contributed by atoms with van der Waals surface area (Å²) < 4.78 is 6.14. The summed E-state index contributed by atoms with van der Waals surface area (Å²) in [6, 6.07) is 8.08. The lowest BCUT2D eigenvalue weighted by Gasteiger charge is -2.11. The number of benzene rings is 1. The number of aromatic nitrogens is 1. The number of hydrogen-bond acceptors (Lipinski definition) is 5. The summed E-state index contributed by atoms with van der Waals surface area (Å²) in [5, 5.41) is 3.78. The lowest BCUT2D eigenvalue weighted by Crippen LogP contribution is -2.35. The van der Waals surface area contributed by atoms with Crippen LogP contribution in [0.1, 0.15) is 38.1 Å². The van der Waals surface area contributed by atoms with Crippen molar-refractivity contribution < 1.29 is 14.3 Å². The maximum atomic E-state index is 11.6. The molecule has 0 fully saturated rings. The molecule has 0 spiro atoms. The minimum Gasteiger partial charge on any atom is -0.456 e. The van der Waals surface area contributed by atoms with E-state index in [0.29, 0.717) is 12.8 Å². The second-order valence-electron chi connectivity index (χ2n) is 5.47. The van der Waals surface area contributed by atoms with Crippen molar-refractivity contribution in [1.29, 1.82) is 0 Å². The standard InChI is InChI=1S/C17H22N2O3S/c1-3-12(2)18-15(20)11-22-17(21)10-6-9-16-19-13-7-4-5-8-14(13)23-16/h4-5,7-8,12H,3,6,9-11H2,1-2H3,(H,18,20)/t12-/m0/s1. The summed E-state index contributed by atoms with van der Waals surface area (Å²) in [6.45, 7) is 3.70. The van der Waals surface area contributed by atoms with Gasteiger partial charge in [0, 0.05) is 12.5 Å². The van der Waals surface area contributed by atoms with E-state index in [9.17, 15) is 9.59 Å². The number of esters is 1. The first kappa shape index (κ1) is 17.4. The predicted octanol–water partition coefficient (Wildman–Crippen LogP) is 3.08. The molecule has 2 rings (SSSR count). The van der Waals surface area contributed by atoms with Crippen LogP contribution in [0.3, 0.4) is 0 Å². The summed E-state index contributed by atoms with van der Waals surface area (Å²) in [6.07, 6.45) is 2.56. The summed E-state index contributed by atoms with van der Waals surface area (Å²) in [5.74, 6) is -0.593. The van der Waals surface area contributed by atoms with Gasteiger partial charge in [0.05, 0.1) is 15.2 Å². The molecular formula is C17H22N2O3S. The fourth-order valence-corrected chi connectivity index (χ4v) is 3.06. The second-order valence-corrected chi connectivity index (χ2v) is 6.58. The maximum Gasteiger partial charge on any atom is 0.306 e. The smallest absolute Gasteiger partial charge is 0.306 e. The molecule has 1 atom stereocenters. The van der Waals surface area contributed by atoms with Crippen molar-refractivity contribution in [1.82, 2.24) is 10.3 Å². The topological polar surface area (TPSA) is 68.3 Å². The van der Waals surface area contributed by atoms with E-state index in [0.717, 1.165) is 28.1 Å². The van der Waals surface area contributed by atoms with E-state index in [4.69, 9.17) is 4.74 Å². The molecule has 0 aliphatic rings. The monoisotopic (exact) mass is 334 g/mol. The third kappa shape index (κ3) is 5.63. The van der Waals surface area contributed by atoms with Crippen molar-refractivity contribution in [3.05, 3.63) is 29.3 Å². The highest BCUT2D eigenvalue weighted by atomic mass is 32.1. The van der Waals surface area contributed by atoms with Gasteiger partial charge in [-0.2, -0.15) is 0 Å². The predicted molar refractivity (Wildman–Crippen MR) is 91.4 cm³/mol. The number of ether oxygens (including phenoxy) is 1. The zero-order valence-electron chi connectivity index (χ0n) is 13.5. The largest absolute Gasteiger partial charge is 0.456 e. The number of thiazole rings is 1. The number of fused-ring (bicyclic) bond motifs is 1. The van der Waals surface area contributed by atoms with Gasteiger partial charge in [0.1, 0.15) is 0 Å². The second kappa shape index (κ2) is 8.62. The van der Waals surface area contributed by atoms with Gasteiger partial charge >= 0.3 is 5.97 Å². The van der Waals surface area contributed by atoms with Crippen LogP contribution in [0.4, 0.5) is 0 Å². The Balaban J connectivity index is 1.67. The number of nitrogens with zero attached hydrogens (tertiary/aromatic N) is 1. The molecule has 0 saturated carbocycles. The number of amides is 1. The molecule has 6 heteroatoms. The van der Waals surface area contributed by atoms with Crippen LogP contribution in [0.25, 0.3) is 10.2 Å². The molecule has 0 unspecified atom stereocenters. The average Bonchev–Trinajstić information content (AvgIpc) is 2.95. The number of hydrogen-bond donors (Lipinski definition) is 1. The minimum absolute atomic E-state index is 0.0974. The van der Waals surface area contributed by atoms with Crippen LogP contribution in [0, 0.1) is 0 Å². The molecule has 1 heterocycles. The van der Waals surface area contributed by atoms with Gasteiger partial charge in [-0.3, -0.25) is 9.59 Å². The van der Waals surface area contributed by atoms with Crippen LogP contribution in [0.2, 0.25) is 0 Å². The Morgan fingerprint density at radius 1 is 1.35 bits per heavy atom. The van der Waals surface area contributed by atoms with Gasteiger partial charge in [-0.15, -0.1) is 11.3 Å². The first-order chi connectivity index (χ1) is 11.1. The highest BCUT2D eigenvalue weighted by molar-refractivity contribution is 7.18. The number of nitrogens with one attached hydrogen (secondary N) is 1. The Hall–Kier alpha value is -1.95. The van der Waals surface area contributed by atoms with Gasteiger partial charge < -0.3 is 10.1 Å². The number of carbonyl (C=O) groups excluding carboxylic acids is 2. The Labute approximate surface area is 140 Å². The Kier molecular flexibility index (Phi) is 6.52. The van der Waals surface area contributed by atoms with Crippen molar-refractivity contribution in [3.63, 3.8) is 0 Å². The summed E-state index contributed by atoms with van der Waals surface area (Å²) in [7, 11) is 0. The molecule has 5 nitrogen and oxygen atoms in total. The van der Waals surface area contributed by atoms with Gasteiger partial charge in [-0.1, -0.05) is 19.1 Å². The summed E-state index contributed by atoms with van der Waals surface area (Å²) in [5.41, 5.74) is 0.997. The third-order valence-corrected chi connectivity index (χ3v) is 4.59. The van der Waals surface area contributed by atoms with Gasteiger partial charge in [0.2, 0.25) is 0 Å². The van der Waals surface area contributed by atoms with Crippen LogP contribution < -0.4 is 5.32 Å². The Morgan fingerprint density at radius 2 is 2.13 bits per heavy atom. The van der Waals surface area contributed by atoms with Crippen molar-refractivity contribution >= 4 is 33.4 Å². The number of rotatable bonds is 8. The molecule has 1 aromatic carbocycles. The lowest BCUT2D eigenvalue weighted by atomic mass is 10.2. The molecule has 1 N–H and O–H groups in total. The van der Waals surface area contributed by atoms with E-state index < -0.39 is 0 Å². The molecule has 1 amide bonds. The highest BCUT2D eigenvalue weighted by Gasteiger charge is 2.10. The number of para-hydroxylation sites is 1. The van der Waals surface area contributed by atoms with Gasteiger partial charge in [-0.25, -0.2) is 4.98 Å². The lowest BCUT2D eigenvalue weighted by molar-refractivity contribution is -0.148. The summed E-state index contributed by atoms with van der Waals surface area (Å²) in [4.78, 5) is 27.7. The quantitative estimate of drug-likeness (QED) is 0.753.